The number of phosphoric ester groups is 1. The van der Waals surface area contributed by atoms with E-state index >= 15 is 0 Å². The first-order valence-corrected chi connectivity index (χ1v) is 13.3. The molecule has 3 aromatic heterocycles. The molecule has 0 spiro atoms. The third-order valence-corrected chi connectivity index (χ3v) is 7.81. The van der Waals surface area contributed by atoms with Crippen molar-refractivity contribution < 1.29 is 37.8 Å². The van der Waals surface area contributed by atoms with Gasteiger partial charge in [-0.15, -0.1) is 0 Å². The predicted octanol–water partition coefficient (Wildman–Crippen LogP) is -1.25. The lowest BCUT2D eigenvalue weighted by Gasteiger charge is -2.24. The van der Waals surface area contributed by atoms with E-state index in [4.69, 9.17) is 28.8 Å². The van der Waals surface area contributed by atoms with Gasteiger partial charge in [0.05, 0.1) is 25.6 Å². The van der Waals surface area contributed by atoms with E-state index < -0.39 is 62.6 Å². The second kappa shape index (κ2) is 10.8. The highest BCUT2D eigenvalue weighted by Gasteiger charge is 2.44. The fourth-order valence-electron chi connectivity index (χ4n) is 4.44. The lowest BCUT2D eigenvalue weighted by Crippen LogP contribution is -2.29. The molecule has 2 fully saturated rings. The minimum absolute atomic E-state index is 0.0149. The van der Waals surface area contributed by atoms with Crippen LogP contribution in [0.2, 0.25) is 0 Å². The Bertz CT molecular complexity index is 1510. The highest BCUT2D eigenvalue weighted by Crippen LogP contribution is 2.53. The van der Waals surface area contributed by atoms with Crippen molar-refractivity contribution in [1.29, 1.82) is 0 Å². The monoisotopic (exact) mass is 570 g/mol. The number of nitrogens with one attached hydrogen (secondary N) is 1. The number of anilines is 1. The summed E-state index contributed by atoms with van der Waals surface area (Å²) in [5.41, 5.74) is 4.70. The normalized spacial score (nSPS) is 28.7. The van der Waals surface area contributed by atoms with Crippen molar-refractivity contribution in [2.75, 3.05) is 26.1 Å². The van der Waals surface area contributed by atoms with Gasteiger partial charge in [-0.1, -0.05) is 0 Å². The molecule has 39 heavy (non-hydrogen) atoms. The molecule has 0 radical (unpaired) electrons. The average Bonchev–Trinajstić information content (AvgIpc) is 3.59. The molecule has 18 nitrogen and oxygen atoms in total. The van der Waals surface area contributed by atoms with Gasteiger partial charge in [0.2, 0.25) is 5.95 Å². The second-order valence-electron chi connectivity index (χ2n) is 8.93. The number of aliphatic hydroxyl groups is 2. The number of nitrogen functional groups attached to an aromatic ring is 1. The molecular formula is C20H27N8O10P. The number of hydrogen-bond acceptors (Lipinski definition) is 15. The Balaban J connectivity index is 1.24. The van der Waals surface area contributed by atoms with Gasteiger partial charge in [0, 0.05) is 20.0 Å². The number of aromatic nitrogens is 7. The van der Waals surface area contributed by atoms with Crippen LogP contribution in [0.1, 0.15) is 31.1 Å². The number of fused-ring (bicyclic) bond motifs is 1. The Kier molecular flexibility index (Phi) is 7.62. The molecule has 5 N–H and O–H groups in total. The maximum atomic E-state index is 13.3. The second-order valence-corrected chi connectivity index (χ2v) is 10.7. The number of ether oxygens (including phenoxy) is 2. The lowest BCUT2D eigenvalue weighted by atomic mass is 10.2. The first-order valence-electron chi connectivity index (χ1n) is 11.8. The summed E-state index contributed by atoms with van der Waals surface area (Å²) in [6.45, 7) is 0.730. The molecule has 5 heterocycles. The molecule has 7 atom stereocenters. The fraction of sp³-hybridized carbons (Fsp3) is 0.600. The van der Waals surface area contributed by atoms with Gasteiger partial charge in [0.25, 0.3) is 5.56 Å². The van der Waals surface area contributed by atoms with E-state index in [1.54, 1.807) is 6.92 Å². The Morgan fingerprint density at radius 3 is 2.59 bits per heavy atom. The molecule has 0 amide bonds. The molecule has 0 aromatic carbocycles. The number of nitrogens with zero attached hydrogens (tertiary/aromatic N) is 6. The number of aromatic amines is 1. The number of nitrogens with two attached hydrogens (primary N) is 1. The number of H-pyrrole nitrogens is 1. The standard InChI is InChI=1S/C20H27N8O10P/c1-9-24-17-16(18(31)25-9)22-7-27(17)14-3-10(30)13(37-14)6-35-39(33,34-2)38-11-4-15(36-12(11)5-29)28-8-23-19(21)26-20(28)32/h7-8,10-15,29-30H,3-6H2,1-2H3,(H2,21,26,32)(H,24,25,31)/t10?,11?,12-,13-,14-,15-,39?/m1/s1. The SMILES string of the molecule is COP(=O)(OC[C@H]1O[C@@H](n2cnc3c(=O)[nH]c(C)nc32)CC1O)OC1C[C@H](n2cnc(N)nc2=O)O[C@@H]1CO. The molecule has 0 saturated carbocycles. The van der Waals surface area contributed by atoms with Crippen LogP contribution in [-0.4, -0.2) is 89.0 Å². The molecule has 3 unspecified atom stereocenters. The zero-order valence-electron chi connectivity index (χ0n) is 20.8. The van der Waals surface area contributed by atoms with Crippen molar-refractivity contribution in [3.8, 4) is 0 Å². The van der Waals surface area contributed by atoms with Crippen molar-refractivity contribution in [3.05, 3.63) is 39.3 Å². The minimum Gasteiger partial charge on any atom is -0.394 e. The van der Waals surface area contributed by atoms with Crippen LogP contribution < -0.4 is 17.0 Å². The Morgan fingerprint density at radius 2 is 1.87 bits per heavy atom. The Morgan fingerprint density at radius 1 is 1.15 bits per heavy atom. The van der Waals surface area contributed by atoms with Crippen LogP contribution in [0.25, 0.3) is 11.2 Å². The van der Waals surface area contributed by atoms with Gasteiger partial charge in [-0.3, -0.25) is 27.5 Å². The quantitative estimate of drug-likeness (QED) is 0.220. The minimum atomic E-state index is -4.25. The van der Waals surface area contributed by atoms with E-state index in [0.717, 1.165) is 18.0 Å². The highest BCUT2D eigenvalue weighted by atomic mass is 31.2. The Labute approximate surface area is 219 Å². The average molecular weight is 570 g/mol. The van der Waals surface area contributed by atoms with Crippen LogP contribution in [0.4, 0.5) is 5.95 Å². The molecule has 2 aliphatic rings. The first kappa shape index (κ1) is 27.5. The molecule has 3 aromatic rings. The lowest BCUT2D eigenvalue weighted by molar-refractivity contribution is -0.0578. The zero-order chi connectivity index (χ0) is 27.9. The van der Waals surface area contributed by atoms with Gasteiger partial charge in [0.1, 0.15) is 42.9 Å². The third kappa shape index (κ3) is 5.50. The van der Waals surface area contributed by atoms with E-state index in [2.05, 4.69) is 24.9 Å². The maximum Gasteiger partial charge on any atom is 0.474 e. The van der Waals surface area contributed by atoms with Gasteiger partial charge in [-0.25, -0.2) is 24.3 Å². The van der Waals surface area contributed by atoms with Crippen LogP contribution in [0.3, 0.4) is 0 Å². The summed E-state index contributed by atoms with van der Waals surface area (Å²) in [7, 11) is -3.14. The molecular weight excluding hydrogens is 543 g/mol. The summed E-state index contributed by atoms with van der Waals surface area (Å²) in [6, 6.07) is 0. The van der Waals surface area contributed by atoms with Crippen molar-refractivity contribution in [1.82, 2.24) is 34.1 Å². The van der Waals surface area contributed by atoms with E-state index in [9.17, 15) is 24.4 Å². The van der Waals surface area contributed by atoms with Crippen LogP contribution in [-0.2, 0) is 27.6 Å². The van der Waals surface area contributed by atoms with Gasteiger partial charge < -0.3 is 30.4 Å². The van der Waals surface area contributed by atoms with Crippen molar-refractivity contribution in [2.45, 2.75) is 56.6 Å². The number of aliphatic hydroxyl groups excluding tert-OH is 2. The molecule has 5 rings (SSSR count). The van der Waals surface area contributed by atoms with Gasteiger partial charge in [-0.2, -0.15) is 4.98 Å². The summed E-state index contributed by atoms with van der Waals surface area (Å²) in [4.78, 5) is 42.5. The molecule has 2 aliphatic heterocycles. The van der Waals surface area contributed by atoms with Crippen molar-refractivity contribution >= 4 is 24.9 Å². The maximum absolute atomic E-state index is 13.3. The van der Waals surface area contributed by atoms with Crippen LogP contribution in [0.5, 0.6) is 0 Å². The van der Waals surface area contributed by atoms with E-state index in [1.165, 1.54) is 10.9 Å². The summed E-state index contributed by atoms with van der Waals surface area (Å²) < 4.78 is 43.4. The summed E-state index contributed by atoms with van der Waals surface area (Å²) in [5, 5.41) is 20.3. The Hall–Kier alpha value is -3.09. The molecule has 212 valence electrons. The molecule has 19 heteroatoms. The topological polar surface area (TPSA) is 241 Å². The highest BCUT2D eigenvalue weighted by molar-refractivity contribution is 7.48. The third-order valence-electron chi connectivity index (χ3n) is 6.37. The fourth-order valence-corrected chi connectivity index (χ4v) is 5.57. The van der Waals surface area contributed by atoms with Gasteiger partial charge in [0.15, 0.2) is 11.2 Å². The molecule has 2 saturated heterocycles. The van der Waals surface area contributed by atoms with E-state index in [1.807, 2.05) is 0 Å². The van der Waals surface area contributed by atoms with Crippen LogP contribution in [0, 0.1) is 6.92 Å². The number of phosphoric acid groups is 1. The smallest absolute Gasteiger partial charge is 0.394 e. The molecule has 0 aliphatic carbocycles. The van der Waals surface area contributed by atoms with Crippen LogP contribution in [0.15, 0.2) is 22.2 Å². The summed E-state index contributed by atoms with van der Waals surface area (Å²) in [6.07, 6.45) is -2.95. The zero-order valence-corrected chi connectivity index (χ0v) is 21.7. The summed E-state index contributed by atoms with van der Waals surface area (Å²) in [5.74, 6) is 0.178. The molecule has 0 bridgehead atoms. The number of hydrogen-bond donors (Lipinski definition) is 4. The number of imidazole rings is 1. The van der Waals surface area contributed by atoms with Crippen molar-refractivity contribution in [2.24, 2.45) is 0 Å². The van der Waals surface area contributed by atoms with Crippen molar-refractivity contribution in [3.63, 3.8) is 0 Å². The van der Waals surface area contributed by atoms with E-state index in [-0.39, 0.29) is 36.6 Å². The van der Waals surface area contributed by atoms with Crippen LogP contribution >= 0.6 is 7.82 Å². The summed E-state index contributed by atoms with van der Waals surface area (Å²) >= 11 is 0. The van der Waals surface area contributed by atoms with Gasteiger partial charge >= 0.3 is 13.5 Å². The van der Waals surface area contributed by atoms with Gasteiger partial charge in [-0.05, 0) is 6.92 Å². The predicted molar refractivity (Wildman–Crippen MR) is 129 cm³/mol. The largest absolute Gasteiger partial charge is 0.474 e. The number of aryl methyl sites for hydroxylation is 1. The first-order chi connectivity index (χ1) is 18.6. The number of rotatable bonds is 9. The van der Waals surface area contributed by atoms with E-state index in [0.29, 0.717) is 5.82 Å².